The molecule has 0 atom stereocenters. The molecular formula is C17H18N2O3. The fraction of sp³-hybridized carbons (Fsp3) is 0.235. The van der Waals surface area contributed by atoms with Crippen molar-refractivity contribution in [1.82, 2.24) is 4.98 Å². The van der Waals surface area contributed by atoms with Gasteiger partial charge in [0.05, 0.1) is 12.7 Å². The van der Waals surface area contributed by atoms with Gasteiger partial charge in [-0.05, 0) is 48.7 Å². The van der Waals surface area contributed by atoms with Gasteiger partial charge in [-0.1, -0.05) is 6.07 Å². The fourth-order valence-electron chi connectivity index (χ4n) is 2.12. The minimum absolute atomic E-state index is 0.0954. The number of nitrogens with one attached hydrogen (secondary N) is 1. The molecule has 1 heterocycles. The largest absolute Gasteiger partial charge is 0.465 e. The molecule has 1 N–H and O–H groups in total. The summed E-state index contributed by atoms with van der Waals surface area (Å²) in [4.78, 5) is 27.6. The van der Waals surface area contributed by atoms with Gasteiger partial charge in [0.15, 0.2) is 0 Å². The average Bonchev–Trinajstić information content (AvgIpc) is 2.55. The summed E-state index contributed by atoms with van der Waals surface area (Å²) in [6.45, 7) is 1.78. The SMILES string of the molecule is COC(=O)c1cccc(NC(=O)CCc2ccncc2)c1C. The van der Waals surface area contributed by atoms with E-state index in [2.05, 4.69) is 10.3 Å². The van der Waals surface area contributed by atoms with Crippen LogP contribution in [0.3, 0.4) is 0 Å². The van der Waals surface area contributed by atoms with E-state index in [0.717, 1.165) is 5.56 Å². The molecule has 0 radical (unpaired) electrons. The van der Waals surface area contributed by atoms with Gasteiger partial charge in [-0.15, -0.1) is 0 Å². The number of pyridine rings is 1. The number of aryl methyl sites for hydroxylation is 1. The number of rotatable bonds is 5. The lowest BCUT2D eigenvalue weighted by Gasteiger charge is -2.11. The summed E-state index contributed by atoms with van der Waals surface area (Å²) in [6.07, 6.45) is 4.42. The van der Waals surface area contributed by atoms with E-state index in [9.17, 15) is 9.59 Å². The zero-order chi connectivity index (χ0) is 15.9. The van der Waals surface area contributed by atoms with Crippen LogP contribution in [0.2, 0.25) is 0 Å². The molecule has 2 rings (SSSR count). The lowest BCUT2D eigenvalue weighted by atomic mass is 10.1. The van der Waals surface area contributed by atoms with Crippen LogP contribution in [0.25, 0.3) is 0 Å². The number of esters is 1. The Hall–Kier alpha value is -2.69. The second kappa shape index (κ2) is 7.36. The Kier molecular flexibility index (Phi) is 5.25. The topological polar surface area (TPSA) is 68.3 Å². The van der Waals surface area contributed by atoms with Crippen LogP contribution in [0.4, 0.5) is 5.69 Å². The Morgan fingerprint density at radius 3 is 2.59 bits per heavy atom. The fourth-order valence-corrected chi connectivity index (χ4v) is 2.12. The van der Waals surface area contributed by atoms with Gasteiger partial charge in [-0.3, -0.25) is 9.78 Å². The van der Waals surface area contributed by atoms with Crippen molar-refractivity contribution >= 4 is 17.6 Å². The average molecular weight is 298 g/mol. The van der Waals surface area contributed by atoms with Gasteiger partial charge < -0.3 is 10.1 Å². The number of anilines is 1. The van der Waals surface area contributed by atoms with Gasteiger partial charge in [-0.25, -0.2) is 4.79 Å². The standard InChI is InChI=1S/C17H18N2O3/c1-12-14(17(21)22-2)4-3-5-15(12)19-16(20)7-6-13-8-10-18-11-9-13/h3-5,8-11H,6-7H2,1-2H3,(H,19,20). The van der Waals surface area contributed by atoms with Crippen molar-refractivity contribution in [2.75, 3.05) is 12.4 Å². The Morgan fingerprint density at radius 1 is 1.18 bits per heavy atom. The van der Waals surface area contributed by atoms with Gasteiger partial charge in [-0.2, -0.15) is 0 Å². The highest BCUT2D eigenvalue weighted by Crippen LogP contribution is 2.20. The number of nitrogens with zero attached hydrogens (tertiary/aromatic N) is 1. The molecule has 0 fully saturated rings. The van der Waals surface area contributed by atoms with Crippen LogP contribution in [0.15, 0.2) is 42.7 Å². The van der Waals surface area contributed by atoms with E-state index < -0.39 is 5.97 Å². The molecule has 1 aromatic carbocycles. The summed E-state index contributed by atoms with van der Waals surface area (Å²) in [5.41, 5.74) is 2.84. The normalized spacial score (nSPS) is 10.1. The van der Waals surface area contributed by atoms with Crippen LogP contribution in [-0.2, 0) is 16.0 Å². The molecule has 114 valence electrons. The van der Waals surface area contributed by atoms with Crippen molar-refractivity contribution in [3.8, 4) is 0 Å². The third-order valence-electron chi connectivity index (χ3n) is 3.40. The Labute approximate surface area is 129 Å². The maximum absolute atomic E-state index is 12.0. The molecule has 0 aliphatic rings. The van der Waals surface area contributed by atoms with Gasteiger partial charge in [0, 0.05) is 24.5 Å². The van der Waals surface area contributed by atoms with Gasteiger partial charge >= 0.3 is 5.97 Å². The van der Waals surface area contributed by atoms with E-state index in [0.29, 0.717) is 29.7 Å². The molecule has 0 saturated carbocycles. The van der Waals surface area contributed by atoms with Crippen LogP contribution >= 0.6 is 0 Å². The number of carbonyl (C=O) groups is 2. The number of aromatic nitrogens is 1. The Bertz CT molecular complexity index is 669. The third kappa shape index (κ3) is 3.91. The lowest BCUT2D eigenvalue weighted by molar-refractivity contribution is -0.116. The van der Waals surface area contributed by atoms with Crippen LogP contribution in [0.5, 0.6) is 0 Å². The van der Waals surface area contributed by atoms with Crippen molar-refractivity contribution in [2.24, 2.45) is 0 Å². The monoisotopic (exact) mass is 298 g/mol. The van der Waals surface area contributed by atoms with E-state index in [1.807, 2.05) is 12.1 Å². The highest BCUT2D eigenvalue weighted by Gasteiger charge is 2.13. The van der Waals surface area contributed by atoms with E-state index in [1.165, 1.54) is 7.11 Å². The maximum atomic E-state index is 12.0. The summed E-state index contributed by atoms with van der Waals surface area (Å²) >= 11 is 0. The summed E-state index contributed by atoms with van der Waals surface area (Å²) in [5, 5.41) is 2.84. The smallest absolute Gasteiger partial charge is 0.338 e. The lowest BCUT2D eigenvalue weighted by Crippen LogP contribution is -2.14. The van der Waals surface area contributed by atoms with E-state index >= 15 is 0 Å². The first-order valence-corrected chi connectivity index (χ1v) is 6.98. The van der Waals surface area contributed by atoms with Crippen LogP contribution in [-0.4, -0.2) is 24.0 Å². The quantitative estimate of drug-likeness (QED) is 0.862. The summed E-state index contributed by atoms with van der Waals surface area (Å²) in [6, 6.07) is 8.93. The van der Waals surface area contributed by atoms with Gasteiger partial charge in [0.2, 0.25) is 5.91 Å². The number of amides is 1. The van der Waals surface area contributed by atoms with Gasteiger partial charge in [0.25, 0.3) is 0 Å². The van der Waals surface area contributed by atoms with Crippen molar-refractivity contribution < 1.29 is 14.3 Å². The molecular weight excluding hydrogens is 280 g/mol. The van der Waals surface area contributed by atoms with Crippen molar-refractivity contribution in [2.45, 2.75) is 19.8 Å². The Balaban J connectivity index is 2.01. The number of methoxy groups -OCH3 is 1. The minimum atomic E-state index is -0.412. The second-order valence-electron chi connectivity index (χ2n) is 4.87. The molecule has 0 unspecified atom stereocenters. The number of benzene rings is 1. The van der Waals surface area contributed by atoms with Crippen molar-refractivity contribution in [1.29, 1.82) is 0 Å². The van der Waals surface area contributed by atoms with Crippen molar-refractivity contribution in [3.63, 3.8) is 0 Å². The third-order valence-corrected chi connectivity index (χ3v) is 3.40. The van der Waals surface area contributed by atoms with Crippen LogP contribution < -0.4 is 5.32 Å². The predicted octanol–water partition coefficient (Wildman–Crippen LogP) is 2.75. The van der Waals surface area contributed by atoms with Crippen LogP contribution in [0.1, 0.15) is 27.9 Å². The molecule has 5 nitrogen and oxygen atoms in total. The summed E-state index contributed by atoms with van der Waals surface area (Å²) < 4.78 is 4.72. The number of carbonyl (C=O) groups excluding carboxylic acids is 2. The molecule has 1 amide bonds. The molecule has 1 aromatic heterocycles. The van der Waals surface area contributed by atoms with Gasteiger partial charge in [0.1, 0.15) is 0 Å². The highest BCUT2D eigenvalue weighted by atomic mass is 16.5. The molecule has 0 aliphatic heterocycles. The van der Waals surface area contributed by atoms with E-state index in [-0.39, 0.29) is 5.91 Å². The molecule has 0 spiro atoms. The first-order chi connectivity index (χ1) is 10.6. The van der Waals surface area contributed by atoms with E-state index in [4.69, 9.17) is 4.74 Å². The Morgan fingerprint density at radius 2 is 1.91 bits per heavy atom. The maximum Gasteiger partial charge on any atom is 0.338 e. The number of hydrogen-bond donors (Lipinski definition) is 1. The molecule has 0 bridgehead atoms. The molecule has 0 saturated heterocycles. The summed E-state index contributed by atoms with van der Waals surface area (Å²) in [5.74, 6) is -0.507. The molecule has 22 heavy (non-hydrogen) atoms. The molecule has 2 aromatic rings. The first-order valence-electron chi connectivity index (χ1n) is 6.98. The second-order valence-corrected chi connectivity index (χ2v) is 4.87. The number of hydrogen-bond acceptors (Lipinski definition) is 4. The number of ether oxygens (including phenoxy) is 1. The van der Waals surface area contributed by atoms with E-state index in [1.54, 1.807) is 37.5 Å². The predicted molar refractivity (Wildman–Crippen MR) is 83.7 cm³/mol. The highest BCUT2D eigenvalue weighted by molar-refractivity contribution is 5.96. The summed E-state index contributed by atoms with van der Waals surface area (Å²) in [7, 11) is 1.34. The zero-order valence-electron chi connectivity index (χ0n) is 12.6. The van der Waals surface area contributed by atoms with Crippen molar-refractivity contribution in [3.05, 3.63) is 59.4 Å². The van der Waals surface area contributed by atoms with Crippen LogP contribution in [0, 0.1) is 6.92 Å². The first kappa shape index (κ1) is 15.7. The molecule has 0 aliphatic carbocycles. The molecule has 5 heteroatoms. The minimum Gasteiger partial charge on any atom is -0.465 e. The zero-order valence-corrected chi connectivity index (χ0v) is 12.6.